The van der Waals surface area contributed by atoms with Gasteiger partial charge in [-0.3, -0.25) is 4.79 Å². The Morgan fingerprint density at radius 2 is 2.46 bits per heavy atom. The molecule has 0 bridgehead atoms. The quantitative estimate of drug-likeness (QED) is 0.761. The lowest BCUT2D eigenvalue weighted by atomic mass is 10.00. The van der Waals surface area contributed by atoms with Gasteiger partial charge < -0.3 is 5.11 Å². The number of aliphatic carboxylic acids is 1. The molecule has 13 heavy (non-hydrogen) atoms. The van der Waals surface area contributed by atoms with Gasteiger partial charge in [0.1, 0.15) is 6.33 Å². The first-order chi connectivity index (χ1) is 6.25. The van der Waals surface area contributed by atoms with Gasteiger partial charge in [0.2, 0.25) is 0 Å². The highest BCUT2D eigenvalue weighted by molar-refractivity contribution is 5.75. The smallest absolute Gasteiger partial charge is 0.312 e. The molecule has 1 heterocycles. The molecule has 1 unspecified atom stereocenters. The van der Waals surface area contributed by atoms with E-state index in [1.54, 1.807) is 12.3 Å². The number of carboxylic acids is 1. The van der Waals surface area contributed by atoms with Crippen LogP contribution in [0.3, 0.4) is 0 Å². The minimum atomic E-state index is -0.819. The Kier molecular flexibility index (Phi) is 3.37. The average molecular weight is 180 g/mol. The number of nitrogens with zero attached hydrogens (tertiary/aromatic N) is 2. The number of carboxylic acid groups (broad SMARTS) is 1. The fraction of sp³-hybridized carbons (Fsp3) is 0.444. The van der Waals surface area contributed by atoms with Crippen molar-refractivity contribution in [3.63, 3.8) is 0 Å². The van der Waals surface area contributed by atoms with Crippen LogP contribution in [0.15, 0.2) is 18.6 Å². The van der Waals surface area contributed by atoms with Crippen molar-refractivity contribution in [3.05, 3.63) is 24.3 Å². The fourth-order valence-corrected chi connectivity index (χ4v) is 1.19. The fourth-order valence-electron chi connectivity index (χ4n) is 1.19. The Bertz CT molecular complexity index is 274. The maximum Gasteiger partial charge on any atom is 0.312 e. The van der Waals surface area contributed by atoms with Crippen LogP contribution in [0, 0.1) is 0 Å². The maximum absolute atomic E-state index is 10.8. The number of rotatable bonds is 4. The number of hydrogen-bond donors (Lipinski definition) is 1. The van der Waals surface area contributed by atoms with Gasteiger partial charge in [-0.2, -0.15) is 0 Å². The van der Waals surface area contributed by atoms with Crippen molar-refractivity contribution < 1.29 is 9.90 Å². The van der Waals surface area contributed by atoms with Crippen LogP contribution in [0.25, 0.3) is 0 Å². The Morgan fingerprint density at radius 3 is 2.92 bits per heavy atom. The van der Waals surface area contributed by atoms with Crippen molar-refractivity contribution in [2.45, 2.75) is 25.7 Å². The van der Waals surface area contributed by atoms with Gasteiger partial charge in [0.15, 0.2) is 0 Å². The lowest BCUT2D eigenvalue weighted by Gasteiger charge is -2.08. The van der Waals surface area contributed by atoms with Gasteiger partial charge in [0, 0.05) is 6.20 Å². The zero-order chi connectivity index (χ0) is 9.68. The second kappa shape index (κ2) is 4.54. The summed E-state index contributed by atoms with van der Waals surface area (Å²) in [6.45, 7) is 1.96. The highest BCUT2D eigenvalue weighted by Crippen LogP contribution is 2.18. The summed E-state index contributed by atoms with van der Waals surface area (Å²) in [6, 6.07) is 1.65. The van der Waals surface area contributed by atoms with Crippen molar-refractivity contribution in [1.29, 1.82) is 0 Å². The molecular weight excluding hydrogens is 168 g/mol. The average Bonchev–Trinajstić information content (AvgIpc) is 2.15. The number of carbonyl (C=O) groups is 1. The molecule has 0 spiro atoms. The molecule has 1 atom stereocenters. The van der Waals surface area contributed by atoms with Gasteiger partial charge in [-0.25, -0.2) is 9.97 Å². The molecule has 1 N–H and O–H groups in total. The van der Waals surface area contributed by atoms with E-state index in [1.165, 1.54) is 6.33 Å². The molecule has 1 rings (SSSR count). The largest absolute Gasteiger partial charge is 0.481 e. The van der Waals surface area contributed by atoms with Crippen LogP contribution in [0.4, 0.5) is 0 Å². The van der Waals surface area contributed by atoms with Crippen LogP contribution < -0.4 is 0 Å². The van der Waals surface area contributed by atoms with E-state index in [2.05, 4.69) is 9.97 Å². The molecule has 0 aromatic carbocycles. The monoisotopic (exact) mass is 180 g/mol. The van der Waals surface area contributed by atoms with Crippen molar-refractivity contribution >= 4 is 5.97 Å². The summed E-state index contributed by atoms with van der Waals surface area (Å²) in [5.74, 6) is -1.31. The van der Waals surface area contributed by atoms with E-state index in [1.807, 2.05) is 6.92 Å². The van der Waals surface area contributed by atoms with Crippen molar-refractivity contribution in [3.8, 4) is 0 Å². The van der Waals surface area contributed by atoms with Crippen LogP contribution in [-0.4, -0.2) is 21.0 Å². The predicted molar refractivity (Wildman–Crippen MR) is 47.3 cm³/mol. The third-order valence-corrected chi connectivity index (χ3v) is 1.84. The van der Waals surface area contributed by atoms with E-state index in [0.29, 0.717) is 12.1 Å². The molecule has 0 radical (unpaired) electrons. The second-order valence-corrected chi connectivity index (χ2v) is 2.81. The van der Waals surface area contributed by atoms with Gasteiger partial charge >= 0.3 is 5.97 Å². The van der Waals surface area contributed by atoms with E-state index in [0.717, 1.165) is 6.42 Å². The summed E-state index contributed by atoms with van der Waals surface area (Å²) in [5, 5.41) is 8.90. The van der Waals surface area contributed by atoms with Gasteiger partial charge in [-0.1, -0.05) is 13.3 Å². The Hall–Kier alpha value is -1.45. The van der Waals surface area contributed by atoms with Crippen LogP contribution >= 0.6 is 0 Å². The Morgan fingerprint density at radius 1 is 1.69 bits per heavy atom. The summed E-state index contributed by atoms with van der Waals surface area (Å²) in [5.41, 5.74) is 0.587. The molecule has 4 heteroatoms. The first-order valence-electron chi connectivity index (χ1n) is 4.24. The highest BCUT2D eigenvalue weighted by Gasteiger charge is 2.19. The van der Waals surface area contributed by atoms with Gasteiger partial charge in [-0.05, 0) is 12.5 Å². The van der Waals surface area contributed by atoms with E-state index >= 15 is 0 Å². The van der Waals surface area contributed by atoms with E-state index in [4.69, 9.17) is 5.11 Å². The molecular formula is C9H12N2O2. The lowest BCUT2D eigenvalue weighted by Crippen LogP contribution is -2.12. The SMILES string of the molecule is CCCC(C(=O)O)c1ccncn1. The van der Waals surface area contributed by atoms with Crippen molar-refractivity contribution in [1.82, 2.24) is 9.97 Å². The third-order valence-electron chi connectivity index (χ3n) is 1.84. The summed E-state index contributed by atoms with van der Waals surface area (Å²) in [7, 11) is 0. The normalized spacial score (nSPS) is 12.4. The summed E-state index contributed by atoms with van der Waals surface area (Å²) in [4.78, 5) is 18.5. The molecule has 0 aliphatic heterocycles. The maximum atomic E-state index is 10.8. The molecule has 0 aliphatic rings. The topological polar surface area (TPSA) is 63.1 Å². The molecule has 0 fully saturated rings. The van der Waals surface area contributed by atoms with Gasteiger partial charge in [0.25, 0.3) is 0 Å². The molecule has 0 saturated carbocycles. The van der Waals surface area contributed by atoms with E-state index < -0.39 is 11.9 Å². The molecule has 0 aliphatic carbocycles. The Balaban J connectivity index is 2.82. The first-order valence-corrected chi connectivity index (χ1v) is 4.24. The highest BCUT2D eigenvalue weighted by atomic mass is 16.4. The molecule has 1 aromatic heterocycles. The molecule has 70 valence electrons. The first kappa shape index (κ1) is 9.64. The van der Waals surface area contributed by atoms with Crippen molar-refractivity contribution in [2.24, 2.45) is 0 Å². The predicted octanol–water partition coefficient (Wildman–Crippen LogP) is 1.44. The van der Waals surface area contributed by atoms with E-state index in [-0.39, 0.29) is 0 Å². The van der Waals surface area contributed by atoms with Crippen molar-refractivity contribution in [2.75, 3.05) is 0 Å². The standard InChI is InChI=1S/C9H12N2O2/c1-2-3-7(9(12)13)8-4-5-10-6-11-8/h4-7H,2-3H2,1H3,(H,12,13). The zero-order valence-electron chi connectivity index (χ0n) is 7.47. The van der Waals surface area contributed by atoms with Gasteiger partial charge in [-0.15, -0.1) is 0 Å². The third kappa shape index (κ3) is 2.50. The minimum Gasteiger partial charge on any atom is -0.481 e. The minimum absolute atomic E-state index is 0.493. The summed E-state index contributed by atoms with van der Waals surface area (Å²) >= 11 is 0. The van der Waals surface area contributed by atoms with Crippen LogP contribution in [0.5, 0.6) is 0 Å². The second-order valence-electron chi connectivity index (χ2n) is 2.81. The van der Waals surface area contributed by atoms with Crippen LogP contribution in [0.1, 0.15) is 31.4 Å². The summed E-state index contributed by atoms with van der Waals surface area (Å²) in [6.07, 6.45) is 4.39. The van der Waals surface area contributed by atoms with Crippen LogP contribution in [-0.2, 0) is 4.79 Å². The van der Waals surface area contributed by atoms with Gasteiger partial charge in [0.05, 0.1) is 11.6 Å². The summed E-state index contributed by atoms with van der Waals surface area (Å²) < 4.78 is 0. The zero-order valence-corrected chi connectivity index (χ0v) is 7.47. The molecule has 1 aromatic rings. The van der Waals surface area contributed by atoms with Crippen LogP contribution in [0.2, 0.25) is 0 Å². The number of hydrogen-bond acceptors (Lipinski definition) is 3. The molecule has 0 amide bonds. The van der Waals surface area contributed by atoms with E-state index in [9.17, 15) is 4.79 Å². The lowest BCUT2D eigenvalue weighted by molar-refractivity contribution is -0.139. The molecule has 0 saturated heterocycles. The molecule has 4 nitrogen and oxygen atoms in total. The number of aromatic nitrogens is 2. The Labute approximate surface area is 76.7 Å².